The lowest BCUT2D eigenvalue weighted by Gasteiger charge is -2.11. The molecule has 1 N–H and O–H groups in total. The third-order valence-electron chi connectivity index (χ3n) is 3.60. The molecule has 8 nitrogen and oxygen atoms in total. The van der Waals surface area contributed by atoms with E-state index >= 15 is 0 Å². The van der Waals surface area contributed by atoms with Gasteiger partial charge in [-0.3, -0.25) is 4.57 Å². The fourth-order valence-electron chi connectivity index (χ4n) is 2.33. The number of carbonyl (C=O) groups is 1. The minimum absolute atomic E-state index is 0.0340. The predicted octanol–water partition coefficient (Wildman–Crippen LogP) is 1.78. The Bertz CT molecular complexity index is 909. The summed E-state index contributed by atoms with van der Waals surface area (Å²) in [4.78, 5) is 23.9. The van der Waals surface area contributed by atoms with Crippen LogP contribution in [0.2, 0.25) is 0 Å². The molecule has 3 heterocycles. The summed E-state index contributed by atoms with van der Waals surface area (Å²) in [5, 5.41) is 13.4. The number of imidazole rings is 1. The monoisotopic (exact) mass is 312 g/mol. The second kappa shape index (κ2) is 5.31. The molecule has 3 aromatic heterocycles. The van der Waals surface area contributed by atoms with Crippen LogP contribution in [-0.2, 0) is 0 Å². The Morgan fingerprint density at radius 2 is 1.91 bits per heavy atom. The lowest BCUT2D eigenvalue weighted by Crippen LogP contribution is -2.11. The fourth-order valence-corrected chi connectivity index (χ4v) is 2.33. The number of aromatic nitrogens is 6. The van der Waals surface area contributed by atoms with Gasteiger partial charge in [-0.2, -0.15) is 10.1 Å². The summed E-state index contributed by atoms with van der Waals surface area (Å²) < 4.78 is 3.25. The van der Waals surface area contributed by atoms with Crippen molar-refractivity contribution in [3.8, 4) is 11.8 Å². The molecule has 8 heteroatoms. The number of rotatable bonds is 3. The van der Waals surface area contributed by atoms with Crippen LogP contribution in [0.25, 0.3) is 11.8 Å². The summed E-state index contributed by atoms with van der Waals surface area (Å²) in [5.41, 5.74) is 3.41. The lowest BCUT2D eigenvalue weighted by molar-refractivity contribution is 0.0691. The van der Waals surface area contributed by atoms with E-state index < -0.39 is 5.97 Å². The van der Waals surface area contributed by atoms with E-state index in [0.717, 1.165) is 22.6 Å². The molecule has 23 heavy (non-hydrogen) atoms. The van der Waals surface area contributed by atoms with E-state index in [9.17, 15) is 4.79 Å². The normalized spacial score (nSPS) is 11.0. The number of aryl methyl sites for hydroxylation is 3. The summed E-state index contributed by atoms with van der Waals surface area (Å²) in [6.07, 6.45) is 2.87. The summed E-state index contributed by atoms with van der Waals surface area (Å²) in [5.74, 6) is -0.0507. The average Bonchev–Trinajstić information content (AvgIpc) is 3.08. The molecular formula is C15H16N6O2. The van der Waals surface area contributed by atoms with E-state index in [-0.39, 0.29) is 5.69 Å². The van der Waals surface area contributed by atoms with Crippen LogP contribution >= 0.6 is 0 Å². The van der Waals surface area contributed by atoms with Crippen molar-refractivity contribution in [3.05, 3.63) is 46.9 Å². The van der Waals surface area contributed by atoms with Crippen LogP contribution in [0.3, 0.4) is 0 Å². The maximum Gasteiger partial charge on any atom is 0.356 e. The zero-order valence-electron chi connectivity index (χ0n) is 13.3. The SMILES string of the molecule is Cc1cc(C)n(-c2nc(C)c(C)c(-n3cnc(C(=O)O)c3)n2)n1. The fraction of sp³-hybridized carbons (Fsp3) is 0.267. The Morgan fingerprint density at radius 3 is 2.48 bits per heavy atom. The lowest BCUT2D eigenvalue weighted by atomic mass is 10.2. The largest absolute Gasteiger partial charge is 0.476 e. The minimum Gasteiger partial charge on any atom is -0.476 e. The molecule has 3 aromatic rings. The molecule has 3 rings (SSSR count). The zero-order chi connectivity index (χ0) is 16.7. The topological polar surface area (TPSA) is 98.7 Å². The van der Waals surface area contributed by atoms with E-state index in [4.69, 9.17) is 5.11 Å². The highest BCUT2D eigenvalue weighted by Crippen LogP contribution is 2.17. The summed E-state index contributed by atoms with van der Waals surface area (Å²) in [6, 6.07) is 1.94. The van der Waals surface area contributed by atoms with Gasteiger partial charge in [0.2, 0.25) is 0 Å². The van der Waals surface area contributed by atoms with Gasteiger partial charge in [0.25, 0.3) is 5.95 Å². The Hall–Kier alpha value is -3.03. The van der Waals surface area contributed by atoms with Crippen molar-refractivity contribution >= 4 is 5.97 Å². The van der Waals surface area contributed by atoms with Crippen LogP contribution in [0.15, 0.2) is 18.6 Å². The van der Waals surface area contributed by atoms with Gasteiger partial charge in [0.05, 0.1) is 5.69 Å². The maximum absolute atomic E-state index is 11.0. The summed E-state index contributed by atoms with van der Waals surface area (Å²) in [7, 11) is 0. The molecular weight excluding hydrogens is 296 g/mol. The van der Waals surface area contributed by atoms with Crippen LogP contribution in [0.1, 0.15) is 33.1 Å². The van der Waals surface area contributed by atoms with E-state index in [0.29, 0.717) is 11.8 Å². The van der Waals surface area contributed by atoms with Gasteiger partial charge in [-0.25, -0.2) is 19.4 Å². The van der Waals surface area contributed by atoms with Crippen LogP contribution in [0.4, 0.5) is 0 Å². The van der Waals surface area contributed by atoms with Crippen LogP contribution in [-0.4, -0.2) is 40.4 Å². The first-order valence-corrected chi connectivity index (χ1v) is 7.03. The van der Waals surface area contributed by atoms with Crippen molar-refractivity contribution in [2.24, 2.45) is 0 Å². The molecule has 0 aliphatic carbocycles. The Balaban J connectivity index is 2.17. The number of hydrogen-bond donors (Lipinski definition) is 1. The highest BCUT2D eigenvalue weighted by atomic mass is 16.4. The van der Waals surface area contributed by atoms with Crippen molar-refractivity contribution in [2.45, 2.75) is 27.7 Å². The second-order valence-electron chi connectivity index (χ2n) is 5.37. The number of hydrogen-bond acceptors (Lipinski definition) is 5. The van der Waals surface area contributed by atoms with Gasteiger partial charge in [-0.05, 0) is 33.8 Å². The van der Waals surface area contributed by atoms with Gasteiger partial charge in [-0.15, -0.1) is 0 Å². The third kappa shape index (κ3) is 2.59. The van der Waals surface area contributed by atoms with E-state index in [2.05, 4.69) is 20.1 Å². The van der Waals surface area contributed by atoms with Crippen LogP contribution in [0, 0.1) is 27.7 Å². The predicted molar refractivity (Wildman–Crippen MR) is 82.2 cm³/mol. The second-order valence-corrected chi connectivity index (χ2v) is 5.37. The maximum atomic E-state index is 11.0. The molecule has 0 bridgehead atoms. The van der Waals surface area contributed by atoms with Gasteiger partial charge >= 0.3 is 5.97 Å². The molecule has 0 amide bonds. The molecule has 0 radical (unpaired) electrons. The van der Waals surface area contributed by atoms with Crippen LogP contribution < -0.4 is 0 Å². The number of aromatic carboxylic acids is 1. The van der Waals surface area contributed by atoms with Gasteiger partial charge in [0.1, 0.15) is 12.1 Å². The molecule has 118 valence electrons. The van der Waals surface area contributed by atoms with Crippen molar-refractivity contribution < 1.29 is 9.90 Å². The smallest absolute Gasteiger partial charge is 0.356 e. The molecule has 0 fully saturated rings. The molecule has 0 aliphatic heterocycles. The summed E-state index contributed by atoms with van der Waals surface area (Å²) >= 11 is 0. The van der Waals surface area contributed by atoms with Crippen molar-refractivity contribution in [3.63, 3.8) is 0 Å². The standard InChI is InChI=1S/C15H16N6O2/c1-8-5-9(2)21(19-8)15-17-11(4)10(3)13(18-15)20-6-12(14(22)23)16-7-20/h5-7H,1-4H3,(H,22,23). The van der Waals surface area contributed by atoms with Gasteiger partial charge in [0.15, 0.2) is 5.69 Å². The zero-order valence-corrected chi connectivity index (χ0v) is 13.3. The third-order valence-corrected chi connectivity index (χ3v) is 3.60. The van der Waals surface area contributed by atoms with E-state index in [1.54, 1.807) is 9.25 Å². The molecule has 0 saturated heterocycles. The van der Waals surface area contributed by atoms with Gasteiger partial charge in [0, 0.05) is 23.1 Å². The Morgan fingerprint density at radius 1 is 1.17 bits per heavy atom. The first-order valence-electron chi connectivity index (χ1n) is 7.03. The number of nitrogens with zero attached hydrogens (tertiary/aromatic N) is 6. The van der Waals surface area contributed by atoms with Gasteiger partial charge in [-0.1, -0.05) is 0 Å². The van der Waals surface area contributed by atoms with E-state index in [1.165, 1.54) is 12.5 Å². The molecule has 0 aromatic carbocycles. The first kappa shape index (κ1) is 14.9. The quantitative estimate of drug-likeness (QED) is 0.791. The molecule has 0 aliphatic rings. The number of carboxylic acid groups (broad SMARTS) is 1. The average molecular weight is 312 g/mol. The minimum atomic E-state index is -1.08. The first-order chi connectivity index (χ1) is 10.9. The highest BCUT2D eigenvalue weighted by Gasteiger charge is 2.15. The van der Waals surface area contributed by atoms with E-state index in [1.807, 2.05) is 33.8 Å². The van der Waals surface area contributed by atoms with Crippen LogP contribution in [0.5, 0.6) is 0 Å². The molecule has 0 atom stereocenters. The van der Waals surface area contributed by atoms with Gasteiger partial charge < -0.3 is 5.11 Å². The molecule has 0 unspecified atom stereocenters. The molecule has 0 saturated carbocycles. The highest BCUT2D eigenvalue weighted by molar-refractivity contribution is 5.85. The Kier molecular flexibility index (Phi) is 3.44. The van der Waals surface area contributed by atoms with Crippen molar-refractivity contribution in [2.75, 3.05) is 0 Å². The number of carboxylic acids is 1. The van der Waals surface area contributed by atoms with Crippen molar-refractivity contribution in [1.82, 2.24) is 29.3 Å². The Labute approximate surface area is 132 Å². The van der Waals surface area contributed by atoms with Crippen molar-refractivity contribution in [1.29, 1.82) is 0 Å². The molecule has 0 spiro atoms. The summed E-state index contributed by atoms with van der Waals surface area (Å²) in [6.45, 7) is 7.60.